The molecule has 0 spiro atoms. The van der Waals surface area contributed by atoms with Crippen molar-refractivity contribution in [3.8, 4) is 0 Å². The van der Waals surface area contributed by atoms with E-state index in [1.54, 1.807) is 17.7 Å². The van der Waals surface area contributed by atoms with Gasteiger partial charge < -0.3 is 10.2 Å². The first-order valence-electron chi connectivity index (χ1n) is 11.3. The Morgan fingerprint density at radius 2 is 1.83 bits per heavy atom. The molecule has 5 rings (SSSR count). The van der Waals surface area contributed by atoms with E-state index in [1.165, 1.54) is 59.1 Å². The topological polar surface area (TPSA) is 53.9 Å². The van der Waals surface area contributed by atoms with Crippen LogP contribution in [0.5, 0.6) is 0 Å². The molecule has 0 atom stereocenters. The highest BCUT2D eigenvalue weighted by atomic mass is 32.1. The molecule has 29 heavy (non-hydrogen) atoms. The van der Waals surface area contributed by atoms with Crippen molar-refractivity contribution in [3.63, 3.8) is 0 Å². The molecular weight excluding hydrogens is 378 g/mol. The zero-order valence-electron chi connectivity index (χ0n) is 17.6. The number of aryl methyl sites for hydroxylation is 1. The molecule has 1 aliphatic carbocycles. The smallest absolute Gasteiger partial charge is 0.147 e. The number of aromatic nitrogens is 3. The van der Waals surface area contributed by atoms with E-state index in [2.05, 4.69) is 29.0 Å². The van der Waals surface area contributed by atoms with Crippen molar-refractivity contribution in [3.05, 3.63) is 17.5 Å². The maximum atomic E-state index is 5.25. The Morgan fingerprint density at radius 3 is 2.62 bits per heavy atom. The second-order valence-corrected chi connectivity index (χ2v) is 9.94. The summed E-state index contributed by atoms with van der Waals surface area (Å²) in [5.74, 6) is 2.92. The maximum Gasteiger partial charge on any atom is 0.147 e. The fraction of sp³-hybridized carbons (Fsp3) is 0.609. The van der Waals surface area contributed by atoms with Crippen molar-refractivity contribution in [2.75, 3.05) is 29.9 Å². The van der Waals surface area contributed by atoms with E-state index >= 15 is 0 Å². The Bertz CT molecular complexity index is 1020. The minimum absolute atomic E-state index is 0.683. The van der Waals surface area contributed by atoms with Crippen LogP contribution in [0.15, 0.2) is 6.33 Å². The summed E-state index contributed by atoms with van der Waals surface area (Å²) in [6.07, 6.45) is 11.7. The van der Waals surface area contributed by atoms with Crippen LogP contribution < -0.4 is 10.2 Å². The molecule has 1 aliphatic heterocycles. The molecule has 1 saturated heterocycles. The Balaban J connectivity index is 1.64. The summed E-state index contributed by atoms with van der Waals surface area (Å²) in [4.78, 5) is 18.2. The summed E-state index contributed by atoms with van der Waals surface area (Å²) >= 11 is 1.77. The van der Waals surface area contributed by atoms with Gasteiger partial charge in [-0.15, -0.1) is 11.3 Å². The van der Waals surface area contributed by atoms with Gasteiger partial charge in [-0.2, -0.15) is 0 Å². The highest BCUT2D eigenvalue weighted by Crippen LogP contribution is 2.42. The third-order valence-electron chi connectivity index (χ3n) is 6.37. The lowest BCUT2D eigenvalue weighted by Gasteiger charge is -2.31. The monoisotopic (exact) mass is 409 g/mol. The summed E-state index contributed by atoms with van der Waals surface area (Å²) in [5.41, 5.74) is 4.11. The predicted molar refractivity (Wildman–Crippen MR) is 123 cm³/mol. The SMILES string of the molecule is CC(C)CCNc1ncnc2c1sc1nc(N3CCCCC3)c3c(c12)CCCC3. The molecule has 0 bridgehead atoms. The van der Waals surface area contributed by atoms with Crippen molar-refractivity contribution in [2.24, 2.45) is 5.92 Å². The third-order valence-corrected chi connectivity index (χ3v) is 7.45. The van der Waals surface area contributed by atoms with Crippen molar-refractivity contribution in [1.82, 2.24) is 15.0 Å². The van der Waals surface area contributed by atoms with Crippen LogP contribution in [0.1, 0.15) is 63.5 Å². The highest BCUT2D eigenvalue weighted by molar-refractivity contribution is 7.26. The highest BCUT2D eigenvalue weighted by Gasteiger charge is 2.26. The summed E-state index contributed by atoms with van der Waals surface area (Å²) in [6, 6.07) is 0. The van der Waals surface area contributed by atoms with Gasteiger partial charge in [0.05, 0.1) is 10.2 Å². The van der Waals surface area contributed by atoms with Gasteiger partial charge in [-0.3, -0.25) is 0 Å². The van der Waals surface area contributed by atoms with Crippen LogP contribution in [0, 0.1) is 5.92 Å². The molecule has 3 aromatic heterocycles. The quantitative estimate of drug-likeness (QED) is 0.597. The van der Waals surface area contributed by atoms with E-state index in [0.717, 1.165) is 55.1 Å². The Labute approximate surface area is 177 Å². The number of rotatable bonds is 5. The van der Waals surface area contributed by atoms with E-state index in [4.69, 9.17) is 9.97 Å². The van der Waals surface area contributed by atoms with Crippen LogP contribution in [0.4, 0.5) is 11.6 Å². The number of pyridine rings is 1. The summed E-state index contributed by atoms with van der Waals surface area (Å²) in [7, 11) is 0. The number of hydrogen-bond acceptors (Lipinski definition) is 6. The van der Waals surface area contributed by atoms with E-state index < -0.39 is 0 Å². The molecular formula is C23H31N5S. The molecule has 0 aromatic carbocycles. The second-order valence-electron chi connectivity index (χ2n) is 8.94. The fourth-order valence-electron chi connectivity index (χ4n) is 4.81. The zero-order valence-corrected chi connectivity index (χ0v) is 18.4. The molecule has 5 nitrogen and oxygen atoms in total. The number of anilines is 2. The van der Waals surface area contributed by atoms with Crippen LogP contribution in [-0.2, 0) is 12.8 Å². The Kier molecular flexibility index (Phi) is 5.29. The first-order chi connectivity index (χ1) is 14.2. The Morgan fingerprint density at radius 1 is 1.03 bits per heavy atom. The first-order valence-corrected chi connectivity index (χ1v) is 12.1. The molecule has 4 heterocycles. The molecule has 6 heteroatoms. The van der Waals surface area contributed by atoms with Crippen molar-refractivity contribution in [1.29, 1.82) is 0 Å². The molecule has 2 aliphatic rings. The van der Waals surface area contributed by atoms with E-state index in [1.807, 2.05) is 0 Å². The van der Waals surface area contributed by atoms with Gasteiger partial charge in [0.2, 0.25) is 0 Å². The van der Waals surface area contributed by atoms with Crippen LogP contribution in [-0.4, -0.2) is 34.6 Å². The van der Waals surface area contributed by atoms with Gasteiger partial charge in [0, 0.05) is 25.0 Å². The van der Waals surface area contributed by atoms with Gasteiger partial charge in [-0.05, 0) is 68.4 Å². The summed E-state index contributed by atoms with van der Waals surface area (Å²) in [5, 5.41) is 4.86. The lowest BCUT2D eigenvalue weighted by atomic mass is 9.89. The van der Waals surface area contributed by atoms with Gasteiger partial charge in [0.1, 0.15) is 22.8 Å². The van der Waals surface area contributed by atoms with Crippen LogP contribution in [0.3, 0.4) is 0 Å². The zero-order chi connectivity index (χ0) is 19.8. The summed E-state index contributed by atoms with van der Waals surface area (Å²) < 4.78 is 1.17. The number of fused-ring (bicyclic) bond motifs is 5. The van der Waals surface area contributed by atoms with Crippen molar-refractivity contribution in [2.45, 2.75) is 65.2 Å². The number of hydrogen-bond donors (Lipinski definition) is 1. The molecule has 0 saturated carbocycles. The molecule has 1 fully saturated rings. The third kappa shape index (κ3) is 3.56. The van der Waals surface area contributed by atoms with Crippen LogP contribution in [0.2, 0.25) is 0 Å². The minimum Gasteiger partial charge on any atom is -0.369 e. The van der Waals surface area contributed by atoms with E-state index in [-0.39, 0.29) is 0 Å². The summed E-state index contributed by atoms with van der Waals surface area (Å²) in [6.45, 7) is 7.77. The molecule has 3 aromatic rings. The van der Waals surface area contributed by atoms with E-state index in [9.17, 15) is 0 Å². The number of piperidine rings is 1. The predicted octanol–water partition coefficient (Wildman–Crippen LogP) is 5.57. The first kappa shape index (κ1) is 19.0. The largest absolute Gasteiger partial charge is 0.369 e. The van der Waals surface area contributed by atoms with Gasteiger partial charge in [-0.1, -0.05) is 13.8 Å². The average Bonchev–Trinajstić information content (AvgIpc) is 3.13. The fourth-order valence-corrected chi connectivity index (χ4v) is 5.93. The van der Waals surface area contributed by atoms with Crippen LogP contribution >= 0.6 is 11.3 Å². The molecule has 0 unspecified atom stereocenters. The van der Waals surface area contributed by atoms with E-state index in [0.29, 0.717) is 5.92 Å². The number of thiophene rings is 1. The maximum absolute atomic E-state index is 5.25. The van der Waals surface area contributed by atoms with Crippen molar-refractivity contribution < 1.29 is 0 Å². The van der Waals surface area contributed by atoms with Crippen LogP contribution in [0.25, 0.3) is 20.4 Å². The molecule has 1 N–H and O–H groups in total. The van der Waals surface area contributed by atoms with Gasteiger partial charge in [-0.25, -0.2) is 15.0 Å². The van der Waals surface area contributed by atoms with Crippen molar-refractivity contribution >= 4 is 43.4 Å². The lowest BCUT2D eigenvalue weighted by molar-refractivity contribution is 0.569. The van der Waals surface area contributed by atoms with Gasteiger partial charge >= 0.3 is 0 Å². The standard InChI is InChI=1S/C23H31N5S/c1-15(2)10-11-24-21-20-19(25-14-26-21)18-16-8-4-5-9-17(16)22(27-23(18)29-20)28-12-6-3-7-13-28/h14-15H,3-13H2,1-2H3,(H,24,25,26). The van der Waals surface area contributed by atoms with Gasteiger partial charge in [0.25, 0.3) is 0 Å². The number of nitrogens with zero attached hydrogens (tertiary/aromatic N) is 4. The molecule has 154 valence electrons. The lowest BCUT2D eigenvalue weighted by Crippen LogP contribution is -2.31. The number of nitrogens with one attached hydrogen (secondary N) is 1. The molecule has 0 radical (unpaired) electrons. The average molecular weight is 410 g/mol. The second kappa shape index (κ2) is 8.05. The Hall–Kier alpha value is -1.95. The molecule has 0 amide bonds. The van der Waals surface area contributed by atoms with Gasteiger partial charge in [0.15, 0.2) is 0 Å². The normalized spacial score (nSPS) is 17.3. The minimum atomic E-state index is 0.683.